The molecule has 2 aromatic rings. The van der Waals surface area contributed by atoms with E-state index in [4.69, 9.17) is 9.47 Å². The van der Waals surface area contributed by atoms with Gasteiger partial charge in [0.2, 0.25) is 0 Å². The molecule has 0 radical (unpaired) electrons. The van der Waals surface area contributed by atoms with Crippen LogP contribution in [0.3, 0.4) is 0 Å². The molecule has 1 aliphatic heterocycles. The normalized spacial score (nSPS) is 12.5. The summed E-state index contributed by atoms with van der Waals surface area (Å²) < 4.78 is 11.2. The Morgan fingerprint density at radius 3 is 1.71 bits per heavy atom. The van der Waals surface area contributed by atoms with E-state index in [1.165, 1.54) is 64.2 Å². The van der Waals surface area contributed by atoms with Crippen molar-refractivity contribution in [3.63, 3.8) is 0 Å². The minimum atomic E-state index is -0.570. The summed E-state index contributed by atoms with van der Waals surface area (Å²) in [5.41, 5.74) is 2.98. The number of anilines is 1. The number of benzene rings is 2. The molecule has 0 aromatic heterocycles. The highest BCUT2D eigenvalue weighted by Crippen LogP contribution is 2.26. The zero-order valence-corrected chi connectivity index (χ0v) is 27.3. The standard InChI is InChI=1S/C38H50N4O3/c1-3-5-7-9-11-12-14-15-29-44-36-23-19-34(20-24-36)41-40-33-17-21-35(22-18-33)42-27-25-32(26-28-42)37(31-39)38(43)45-30-16-13-10-8-6-4-2/h17-28H,3-16,29-30H2,1-2H3. The number of nitriles is 1. The molecule has 1 aliphatic rings. The molecule has 45 heavy (non-hydrogen) atoms. The Kier molecular flexibility index (Phi) is 16.9. The second kappa shape index (κ2) is 21.5. The minimum absolute atomic E-state index is 0.0204. The van der Waals surface area contributed by atoms with Crippen molar-refractivity contribution in [1.82, 2.24) is 0 Å². The van der Waals surface area contributed by atoms with Crippen molar-refractivity contribution >= 4 is 23.0 Å². The van der Waals surface area contributed by atoms with Crippen molar-refractivity contribution in [2.75, 3.05) is 18.1 Å². The van der Waals surface area contributed by atoms with Gasteiger partial charge in [0.25, 0.3) is 0 Å². The maximum atomic E-state index is 12.5. The lowest BCUT2D eigenvalue weighted by Gasteiger charge is -2.19. The van der Waals surface area contributed by atoms with E-state index in [1.807, 2.05) is 71.9 Å². The fourth-order valence-corrected chi connectivity index (χ4v) is 4.95. The van der Waals surface area contributed by atoms with Gasteiger partial charge in [0.05, 0.1) is 24.6 Å². The Morgan fingerprint density at radius 2 is 1.18 bits per heavy atom. The highest BCUT2D eigenvalue weighted by molar-refractivity contribution is 5.95. The van der Waals surface area contributed by atoms with Gasteiger partial charge in [-0.05, 0) is 73.5 Å². The van der Waals surface area contributed by atoms with Gasteiger partial charge in [0.15, 0.2) is 0 Å². The van der Waals surface area contributed by atoms with Crippen LogP contribution < -0.4 is 9.64 Å². The van der Waals surface area contributed by atoms with E-state index >= 15 is 0 Å². The first-order valence-electron chi connectivity index (χ1n) is 16.9. The molecule has 7 heteroatoms. The van der Waals surface area contributed by atoms with Crippen LogP contribution in [0.2, 0.25) is 0 Å². The molecule has 0 unspecified atom stereocenters. The number of unbranched alkanes of at least 4 members (excludes halogenated alkanes) is 12. The number of esters is 1. The van der Waals surface area contributed by atoms with E-state index in [9.17, 15) is 10.1 Å². The number of ether oxygens (including phenoxy) is 2. The summed E-state index contributed by atoms with van der Waals surface area (Å²) in [6.07, 6.45) is 24.1. The number of rotatable bonds is 21. The monoisotopic (exact) mass is 610 g/mol. The van der Waals surface area contributed by atoms with Crippen molar-refractivity contribution in [3.05, 3.63) is 84.2 Å². The highest BCUT2D eigenvalue weighted by Gasteiger charge is 2.16. The molecule has 0 saturated heterocycles. The average molecular weight is 611 g/mol. The number of hydrogen-bond acceptors (Lipinski definition) is 7. The molecular formula is C38H50N4O3. The summed E-state index contributed by atoms with van der Waals surface area (Å²) in [6, 6.07) is 17.4. The summed E-state index contributed by atoms with van der Waals surface area (Å²) >= 11 is 0. The number of carbonyl (C=O) groups excluding carboxylic acids is 1. The highest BCUT2D eigenvalue weighted by atomic mass is 16.5. The molecule has 3 rings (SSSR count). The number of carbonyl (C=O) groups is 1. The average Bonchev–Trinajstić information content (AvgIpc) is 3.07. The van der Waals surface area contributed by atoms with Gasteiger partial charge < -0.3 is 14.4 Å². The van der Waals surface area contributed by atoms with Gasteiger partial charge in [0, 0.05) is 23.7 Å². The summed E-state index contributed by atoms with van der Waals surface area (Å²) in [6.45, 7) is 5.52. The molecule has 0 N–H and O–H groups in total. The van der Waals surface area contributed by atoms with Gasteiger partial charge in [-0.3, -0.25) is 0 Å². The van der Waals surface area contributed by atoms with Gasteiger partial charge in [0.1, 0.15) is 17.4 Å². The third kappa shape index (κ3) is 13.6. The van der Waals surface area contributed by atoms with Crippen LogP contribution in [-0.4, -0.2) is 19.2 Å². The Bertz CT molecular complexity index is 1290. The van der Waals surface area contributed by atoms with Crippen LogP contribution in [0.5, 0.6) is 5.75 Å². The molecule has 0 spiro atoms. The van der Waals surface area contributed by atoms with Gasteiger partial charge in [-0.1, -0.05) is 90.9 Å². The second-order valence-corrected chi connectivity index (χ2v) is 11.4. The zero-order chi connectivity index (χ0) is 32.0. The number of allylic oxidation sites excluding steroid dienone is 3. The third-order valence-electron chi connectivity index (χ3n) is 7.70. The van der Waals surface area contributed by atoms with Crippen LogP contribution in [0.4, 0.5) is 17.1 Å². The molecule has 240 valence electrons. The van der Waals surface area contributed by atoms with Gasteiger partial charge in [-0.25, -0.2) is 4.79 Å². The molecule has 0 aliphatic carbocycles. The van der Waals surface area contributed by atoms with Crippen LogP contribution in [0.25, 0.3) is 0 Å². The molecule has 2 aromatic carbocycles. The van der Waals surface area contributed by atoms with E-state index < -0.39 is 5.97 Å². The first-order chi connectivity index (χ1) is 22.1. The Morgan fingerprint density at radius 1 is 0.689 bits per heavy atom. The number of hydrogen-bond donors (Lipinski definition) is 0. The lowest BCUT2D eigenvalue weighted by atomic mass is 10.1. The molecule has 1 heterocycles. The quantitative estimate of drug-likeness (QED) is 0.0461. The fraction of sp³-hybridized carbons (Fsp3) is 0.474. The van der Waals surface area contributed by atoms with E-state index in [1.54, 1.807) is 12.2 Å². The van der Waals surface area contributed by atoms with Crippen molar-refractivity contribution in [2.24, 2.45) is 10.2 Å². The fourth-order valence-electron chi connectivity index (χ4n) is 4.95. The SMILES string of the molecule is CCCCCCCCCCOc1ccc(N=Nc2ccc(N3C=CC(=C(C#N)C(=O)OCCCCCCCC)C=C3)cc2)cc1. The molecule has 7 nitrogen and oxygen atoms in total. The van der Waals surface area contributed by atoms with Crippen LogP contribution in [0.1, 0.15) is 104 Å². The zero-order valence-electron chi connectivity index (χ0n) is 27.3. The third-order valence-corrected chi connectivity index (χ3v) is 7.70. The second-order valence-electron chi connectivity index (χ2n) is 11.4. The van der Waals surface area contributed by atoms with Gasteiger partial charge in [-0.2, -0.15) is 15.5 Å². The number of azo groups is 1. The summed E-state index contributed by atoms with van der Waals surface area (Å²) in [7, 11) is 0. The van der Waals surface area contributed by atoms with Crippen LogP contribution in [0, 0.1) is 11.3 Å². The molecule has 0 amide bonds. The van der Waals surface area contributed by atoms with Crippen molar-refractivity contribution < 1.29 is 14.3 Å². The van der Waals surface area contributed by atoms with Gasteiger partial charge in [-0.15, -0.1) is 0 Å². The first kappa shape index (κ1) is 35.3. The first-order valence-corrected chi connectivity index (χ1v) is 16.9. The topological polar surface area (TPSA) is 87.3 Å². The van der Waals surface area contributed by atoms with E-state index in [2.05, 4.69) is 24.1 Å². The van der Waals surface area contributed by atoms with E-state index in [0.29, 0.717) is 12.2 Å². The van der Waals surface area contributed by atoms with Crippen molar-refractivity contribution in [2.45, 2.75) is 104 Å². The van der Waals surface area contributed by atoms with Crippen LogP contribution >= 0.6 is 0 Å². The molecule has 0 atom stereocenters. The molecule has 0 bridgehead atoms. The molecule has 0 fully saturated rings. The van der Waals surface area contributed by atoms with Crippen molar-refractivity contribution in [1.29, 1.82) is 5.26 Å². The maximum absolute atomic E-state index is 12.5. The van der Waals surface area contributed by atoms with Gasteiger partial charge >= 0.3 is 5.97 Å². The number of nitrogens with zero attached hydrogens (tertiary/aromatic N) is 4. The maximum Gasteiger partial charge on any atom is 0.349 e. The Balaban J connectivity index is 1.41. The Labute approximate surface area is 270 Å². The summed E-state index contributed by atoms with van der Waals surface area (Å²) in [5, 5.41) is 18.3. The van der Waals surface area contributed by atoms with Crippen LogP contribution in [0.15, 0.2) is 94.5 Å². The molecular weight excluding hydrogens is 560 g/mol. The largest absolute Gasteiger partial charge is 0.494 e. The summed E-state index contributed by atoms with van der Waals surface area (Å²) in [5.74, 6) is 0.285. The smallest absolute Gasteiger partial charge is 0.349 e. The summed E-state index contributed by atoms with van der Waals surface area (Å²) in [4.78, 5) is 14.4. The van der Waals surface area contributed by atoms with E-state index in [0.717, 1.165) is 55.1 Å². The predicted molar refractivity (Wildman–Crippen MR) is 183 cm³/mol. The van der Waals surface area contributed by atoms with Crippen molar-refractivity contribution in [3.8, 4) is 11.8 Å². The van der Waals surface area contributed by atoms with E-state index in [-0.39, 0.29) is 5.57 Å². The van der Waals surface area contributed by atoms with Crippen LogP contribution in [-0.2, 0) is 9.53 Å². The molecule has 0 saturated carbocycles. The minimum Gasteiger partial charge on any atom is -0.494 e. The lowest BCUT2D eigenvalue weighted by Crippen LogP contribution is -2.13. The lowest BCUT2D eigenvalue weighted by molar-refractivity contribution is -0.138. The Hall–Kier alpha value is -4.18. The predicted octanol–water partition coefficient (Wildman–Crippen LogP) is 11.2.